The molecule has 6 heteroatoms. The summed E-state index contributed by atoms with van der Waals surface area (Å²) in [5.41, 5.74) is 6.07. The van der Waals surface area contributed by atoms with E-state index in [1.807, 2.05) is 0 Å². The van der Waals surface area contributed by atoms with Crippen molar-refractivity contribution in [1.82, 2.24) is 4.98 Å². The Morgan fingerprint density at radius 3 is 2.70 bits per heavy atom. The van der Waals surface area contributed by atoms with Crippen LogP contribution in [0.4, 0.5) is 10.1 Å². The van der Waals surface area contributed by atoms with Crippen molar-refractivity contribution in [2.24, 2.45) is 5.73 Å². The molecule has 20 heavy (non-hydrogen) atoms. The molecule has 1 aromatic carbocycles. The molecule has 5 nitrogen and oxygen atoms in total. The Kier molecular flexibility index (Phi) is 4.62. The minimum absolute atomic E-state index is 0.161. The number of ether oxygens (including phenoxy) is 1. The first kappa shape index (κ1) is 14.0. The largest absolute Gasteiger partial charge is 0.492 e. The van der Waals surface area contributed by atoms with Gasteiger partial charge in [0.25, 0.3) is 5.91 Å². The lowest BCUT2D eigenvalue weighted by molar-refractivity contribution is 0.102. The first-order chi connectivity index (χ1) is 9.69. The Hall–Kier alpha value is -2.47. The molecule has 0 unspecified atom stereocenters. The first-order valence-electron chi connectivity index (χ1n) is 6.04. The van der Waals surface area contributed by atoms with Crippen LogP contribution in [0.1, 0.15) is 10.4 Å². The number of halogens is 1. The van der Waals surface area contributed by atoms with Crippen molar-refractivity contribution in [3.63, 3.8) is 0 Å². The predicted octanol–water partition coefficient (Wildman–Crippen LogP) is 1.81. The topological polar surface area (TPSA) is 77.2 Å². The normalized spacial score (nSPS) is 10.1. The lowest BCUT2D eigenvalue weighted by atomic mass is 10.2. The molecule has 2 rings (SSSR count). The summed E-state index contributed by atoms with van der Waals surface area (Å²) >= 11 is 0. The van der Waals surface area contributed by atoms with E-state index in [0.717, 1.165) is 12.3 Å². The Labute approximate surface area is 115 Å². The van der Waals surface area contributed by atoms with E-state index in [1.165, 1.54) is 6.20 Å². The van der Waals surface area contributed by atoms with Gasteiger partial charge in [-0.1, -0.05) is 0 Å². The maximum atomic E-state index is 13.0. The van der Waals surface area contributed by atoms with Gasteiger partial charge in [-0.15, -0.1) is 0 Å². The Morgan fingerprint density at radius 1 is 1.30 bits per heavy atom. The molecular weight excluding hydrogens is 261 g/mol. The van der Waals surface area contributed by atoms with Gasteiger partial charge in [-0.25, -0.2) is 4.39 Å². The lowest BCUT2D eigenvalue weighted by Crippen LogP contribution is -2.13. The summed E-state index contributed by atoms with van der Waals surface area (Å²) < 4.78 is 18.3. The maximum absolute atomic E-state index is 13.0. The van der Waals surface area contributed by atoms with E-state index < -0.39 is 11.7 Å². The highest BCUT2D eigenvalue weighted by Crippen LogP contribution is 2.16. The van der Waals surface area contributed by atoms with E-state index in [2.05, 4.69) is 10.3 Å². The maximum Gasteiger partial charge on any atom is 0.257 e. The van der Waals surface area contributed by atoms with Crippen LogP contribution in [0.2, 0.25) is 0 Å². The number of carbonyl (C=O) groups is 1. The molecule has 0 aliphatic rings. The average Bonchev–Trinajstić information content (AvgIpc) is 2.46. The molecule has 0 saturated carbocycles. The number of pyridine rings is 1. The standard InChI is InChI=1S/C14H14FN3O2/c15-11-7-10(8-17-9-11)14(19)18-12-1-3-13(4-2-12)20-6-5-16/h1-4,7-9H,5-6,16H2,(H,18,19). The van der Waals surface area contributed by atoms with E-state index in [9.17, 15) is 9.18 Å². The van der Waals surface area contributed by atoms with Crippen molar-refractivity contribution in [2.45, 2.75) is 0 Å². The van der Waals surface area contributed by atoms with Crippen LogP contribution in [0.3, 0.4) is 0 Å². The van der Waals surface area contributed by atoms with Gasteiger partial charge < -0.3 is 15.8 Å². The molecule has 0 atom stereocenters. The molecule has 2 aromatic rings. The third-order valence-electron chi connectivity index (χ3n) is 2.47. The summed E-state index contributed by atoms with van der Waals surface area (Å²) in [4.78, 5) is 15.5. The number of aromatic nitrogens is 1. The smallest absolute Gasteiger partial charge is 0.257 e. The van der Waals surface area contributed by atoms with Crippen molar-refractivity contribution in [1.29, 1.82) is 0 Å². The van der Waals surface area contributed by atoms with Gasteiger partial charge in [0.1, 0.15) is 18.2 Å². The molecular formula is C14H14FN3O2. The van der Waals surface area contributed by atoms with Crippen LogP contribution in [-0.4, -0.2) is 24.0 Å². The summed E-state index contributed by atoms with van der Waals surface area (Å²) in [7, 11) is 0. The van der Waals surface area contributed by atoms with E-state index in [-0.39, 0.29) is 5.56 Å². The van der Waals surface area contributed by atoms with Crippen LogP contribution in [0.15, 0.2) is 42.7 Å². The van der Waals surface area contributed by atoms with E-state index in [4.69, 9.17) is 10.5 Å². The number of nitrogens with one attached hydrogen (secondary N) is 1. The second-order valence-corrected chi connectivity index (χ2v) is 4.01. The zero-order valence-electron chi connectivity index (χ0n) is 10.7. The molecule has 0 radical (unpaired) electrons. The number of hydrogen-bond acceptors (Lipinski definition) is 4. The van der Waals surface area contributed by atoms with E-state index in [0.29, 0.717) is 24.6 Å². The number of benzene rings is 1. The molecule has 104 valence electrons. The second kappa shape index (κ2) is 6.63. The van der Waals surface area contributed by atoms with Gasteiger partial charge in [0.15, 0.2) is 0 Å². The molecule has 1 heterocycles. The van der Waals surface area contributed by atoms with Crippen molar-refractivity contribution in [3.05, 3.63) is 54.1 Å². The average molecular weight is 275 g/mol. The fraction of sp³-hybridized carbons (Fsp3) is 0.143. The second-order valence-electron chi connectivity index (χ2n) is 4.01. The third kappa shape index (κ3) is 3.76. The molecule has 1 aromatic heterocycles. The minimum atomic E-state index is -0.553. The Morgan fingerprint density at radius 2 is 2.05 bits per heavy atom. The number of nitrogens with zero attached hydrogens (tertiary/aromatic N) is 1. The van der Waals surface area contributed by atoms with E-state index >= 15 is 0 Å². The van der Waals surface area contributed by atoms with Crippen molar-refractivity contribution in [2.75, 3.05) is 18.5 Å². The summed E-state index contributed by atoms with van der Waals surface area (Å²) in [6, 6.07) is 7.94. The van der Waals surface area contributed by atoms with E-state index in [1.54, 1.807) is 24.3 Å². The summed E-state index contributed by atoms with van der Waals surface area (Å²) in [6.07, 6.45) is 2.34. The quantitative estimate of drug-likeness (QED) is 0.872. The molecule has 1 amide bonds. The lowest BCUT2D eigenvalue weighted by Gasteiger charge is -2.07. The van der Waals surface area contributed by atoms with Crippen LogP contribution >= 0.6 is 0 Å². The number of rotatable bonds is 5. The summed E-state index contributed by atoms with van der Waals surface area (Å²) in [6.45, 7) is 0.867. The highest BCUT2D eigenvalue weighted by atomic mass is 19.1. The van der Waals surface area contributed by atoms with Gasteiger partial charge >= 0.3 is 0 Å². The van der Waals surface area contributed by atoms with Crippen LogP contribution in [0, 0.1) is 5.82 Å². The molecule has 0 bridgehead atoms. The predicted molar refractivity (Wildman–Crippen MR) is 73.1 cm³/mol. The van der Waals surface area contributed by atoms with Gasteiger partial charge in [-0.2, -0.15) is 0 Å². The highest BCUT2D eigenvalue weighted by molar-refractivity contribution is 6.04. The fourth-order valence-electron chi connectivity index (χ4n) is 1.55. The van der Waals surface area contributed by atoms with Crippen molar-refractivity contribution in [3.8, 4) is 5.75 Å². The summed E-state index contributed by atoms with van der Waals surface area (Å²) in [5.74, 6) is -0.309. The van der Waals surface area contributed by atoms with Crippen LogP contribution in [0.25, 0.3) is 0 Å². The molecule has 0 spiro atoms. The third-order valence-corrected chi connectivity index (χ3v) is 2.47. The number of carbonyl (C=O) groups excluding carboxylic acids is 1. The van der Waals surface area contributed by atoms with Crippen molar-refractivity contribution < 1.29 is 13.9 Å². The zero-order chi connectivity index (χ0) is 14.4. The number of hydrogen-bond donors (Lipinski definition) is 2. The highest BCUT2D eigenvalue weighted by Gasteiger charge is 2.07. The van der Waals surface area contributed by atoms with Crippen molar-refractivity contribution >= 4 is 11.6 Å². The SMILES string of the molecule is NCCOc1ccc(NC(=O)c2cncc(F)c2)cc1. The minimum Gasteiger partial charge on any atom is -0.492 e. The van der Waals surface area contributed by atoms with Gasteiger partial charge in [0.2, 0.25) is 0 Å². The molecule has 0 aliphatic carbocycles. The van der Waals surface area contributed by atoms with Crippen LogP contribution in [0.5, 0.6) is 5.75 Å². The molecule has 3 N–H and O–H groups in total. The fourth-order valence-corrected chi connectivity index (χ4v) is 1.55. The molecule has 0 aliphatic heterocycles. The van der Waals surface area contributed by atoms with Crippen LogP contribution in [-0.2, 0) is 0 Å². The number of anilines is 1. The first-order valence-corrected chi connectivity index (χ1v) is 6.04. The molecule has 0 fully saturated rings. The summed E-state index contributed by atoms with van der Waals surface area (Å²) in [5, 5.41) is 2.64. The molecule has 0 saturated heterocycles. The van der Waals surface area contributed by atoms with Crippen LogP contribution < -0.4 is 15.8 Å². The Balaban J connectivity index is 2.01. The Bertz CT molecular complexity index is 587. The van der Waals surface area contributed by atoms with Gasteiger partial charge in [0.05, 0.1) is 11.8 Å². The zero-order valence-corrected chi connectivity index (χ0v) is 10.7. The van der Waals surface area contributed by atoms with Gasteiger partial charge in [-0.05, 0) is 30.3 Å². The number of amides is 1. The number of nitrogens with two attached hydrogens (primary N) is 1. The van der Waals surface area contributed by atoms with Gasteiger partial charge in [-0.3, -0.25) is 9.78 Å². The monoisotopic (exact) mass is 275 g/mol. The van der Waals surface area contributed by atoms with Gasteiger partial charge in [0, 0.05) is 18.4 Å².